The molecule has 0 aliphatic rings. The highest BCUT2D eigenvalue weighted by atomic mass is 16.4. The molecule has 4 atom stereocenters. The zero-order chi connectivity index (χ0) is 26.5. The van der Waals surface area contributed by atoms with Crippen molar-refractivity contribution < 1.29 is 33.9 Å². The molecule has 0 aromatic heterocycles. The molecule has 13 nitrogen and oxygen atoms in total. The highest BCUT2D eigenvalue weighted by Gasteiger charge is 2.29. The zero-order valence-electron chi connectivity index (χ0n) is 19.4. The Kier molecular flexibility index (Phi) is 11.9. The molecule has 0 spiro atoms. The summed E-state index contributed by atoms with van der Waals surface area (Å²) in [7, 11) is 0. The first-order valence-electron chi connectivity index (χ1n) is 10.9. The molecule has 0 aliphatic carbocycles. The Bertz CT molecular complexity index is 924. The lowest BCUT2D eigenvalue weighted by atomic mass is 10.0. The predicted molar refractivity (Wildman–Crippen MR) is 124 cm³/mol. The van der Waals surface area contributed by atoms with Crippen molar-refractivity contribution in [3.8, 4) is 0 Å². The number of benzene rings is 1. The van der Waals surface area contributed by atoms with Crippen molar-refractivity contribution in [2.75, 3.05) is 0 Å². The summed E-state index contributed by atoms with van der Waals surface area (Å²) in [6.45, 7) is 1.37. The van der Waals surface area contributed by atoms with E-state index < -0.39 is 59.7 Å². The van der Waals surface area contributed by atoms with Crippen molar-refractivity contribution >= 4 is 35.5 Å². The van der Waals surface area contributed by atoms with E-state index in [1.54, 1.807) is 30.3 Å². The Hall–Kier alpha value is -4.00. The van der Waals surface area contributed by atoms with Gasteiger partial charge in [0, 0.05) is 19.3 Å². The Morgan fingerprint density at radius 2 is 1.34 bits per heavy atom. The number of carboxylic acids is 1. The average molecular weight is 493 g/mol. The van der Waals surface area contributed by atoms with Crippen molar-refractivity contribution in [1.29, 1.82) is 0 Å². The van der Waals surface area contributed by atoms with Gasteiger partial charge in [0.2, 0.25) is 29.5 Å². The van der Waals surface area contributed by atoms with Gasteiger partial charge in [0.15, 0.2) is 0 Å². The molecule has 1 aromatic carbocycles. The lowest BCUT2D eigenvalue weighted by molar-refractivity contribution is -0.142. The van der Waals surface area contributed by atoms with Gasteiger partial charge in [-0.2, -0.15) is 0 Å². The van der Waals surface area contributed by atoms with Crippen LogP contribution in [0, 0.1) is 0 Å². The minimum atomic E-state index is -1.40. The van der Waals surface area contributed by atoms with Gasteiger partial charge in [-0.25, -0.2) is 4.79 Å². The van der Waals surface area contributed by atoms with Crippen LogP contribution in [0.2, 0.25) is 0 Å². The number of rotatable bonds is 15. The minimum Gasteiger partial charge on any atom is -0.480 e. The van der Waals surface area contributed by atoms with Crippen LogP contribution < -0.4 is 33.2 Å². The highest BCUT2D eigenvalue weighted by Crippen LogP contribution is 2.06. The van der Waals surface area contributed by atoms with E-state index in [1.165, 1.54) is 6.92 Å². The number of aliphatic carboxylic acids is 1. The number of carboxylic acid groups (broad SMARTS) is 1. The second-order valence-electron chi connectivity index (χ2n) is 8.00. The molecule has 0 heterocycles. The number of primary amides is 2. The second kappa shape index (κ2) is 14.3. The fraction of sp³-hybridized carbons (Fsp3) is 0.455. The number of carbonyl (C=O) groups is 6. The van der Waals surface area contributed by atoms with E-state index in [2.05, 4.69) is 16.0 Å². The number of hydrogen-bond acceptors (Lipinski definition) is 7. The van der Waals surface area contributed by atoms with E-state index in [9.17, 15) is 33.9 Å². The van der Waals surface area contributed by atoms with Gasteiger partial charge in [0.25, 0.3) is 0 Å². The standard InChI is InChI=1S/C22H32N6O7/c1-12(26-20(32)14(23)7-9-17(24)29)19(31)28-16(11-13-5-3-2-4-6-13)21(33)27-15(22(34)35)8-10-18(25)30/h2-6,12,14-16H,7-11,23H2,1H3,(H2,24,29)(H2,25,30)(H,26,32)(H,27,33)(H,28,31)(H,34,35). The zero-order valence-corrected chi connectivity index (χ0v) is 19.4. The maximum absolute atomic E-state index is 12.9. The summed E-state index contributed by atoms with van der Waals surface area (Å²) in [4.78, 5) is 71.1. The Morgan fingerprint density at radius 1 is 0.800 bits per heavy atom. The van der Waals surface area contributed by atoms with E-state index >= 15 is 0 Å². The van der Waals surface area contributed by atoms with Crippen LogP contribution in [0.1, 0.15) is 38.2 Å². The maximum atomic E-state index is 12.9. The molecule has 4 unspecified atom stereocenters. The molecule has 13 heteroatoms. The fourth-order valence-corrected chi connectivity index (χ4v) is 2.99. The summed E-state index contributed by atoms with van der Waals surface area (Å²) in [6.07, 6.45) is -0.561. The molecule has 0 bridgehead atoms. The van der Waals surface area contributed by atoms with Gasteiger partial charge in [-0.3, -0.25) is 24.0 Å². The first kappa shape index (κ1) is 29.0. The van der Waals surface area contributed by atoms with Gasteiger partial charge in [0.1, 0.15) is 18.1 Å². The minimum absolute atomic E-state index is 0.00355. The number of nitrogens with one attached hydrogen (secondary N) is 3. The van der Waals surface area contributed by atoms with Gasteiger partial charge in [-0.05, 0) is 25.3 Å². The van der Waals surface area contributed by atoms with Crippen molar-refractivity contribution in [2.24, 2.45) is 17.2 Å². The molecular formula is C22H32N6O7. The highest BCUT2D eigenvalue weighted by molar-refractivity contribution is 5.94. The first-order chi connectivity index (χ1) is 16.4. The molecule has 192 valence electrons. The fourth-order valence-electron chi connectivity index (χ4n) is 2.99. The monoisotopic (exact) mass is 492 g/mol. The maximum Gasteiger partial charge on any atom is 0.326 e. The van der Waals surface area contributed by atoms with E-state index in [0.29, 0.717) is 5.56 Å². The quantitative estimate of drug-likeness (QED) is 0.139. The van der Waals surface area contributed by atoms with Crippen molar-refractivity contribution in [3.05, 3.63) is 35.9 Å². The normalized spacial score (nSPS) is 14.0. The van der Waals surface area contributed by atoms with Gasteiger partial charge in [-0.1, -0.05) is 30.3 Å². The molecular weight excluding hydrogens is 460 g/mol. The molecule has 10 N–H and O–H groups in total. The summed E-state index contributed by atoms with van der Waals surface area (Å²) in [6, 6.07) is 3.91. The smallest absolute Gasteiger partial charge is 0.326 e. The third-order valence-corrected chi connectivity index (χ3v) is 5.00. The predicted octanol–water partition coefficient (Wildman–Crippen LogP) is -2.35. The number of carbonyl (C=O) groups excluding carboxylic acids is 5. The van der Waals surface area contributed by atoms with Crippen molar-refractivity contribution in [1.82, 2.24) is 16.0 Å². The van der Waals surface area contributed by atoms with Gasteiger partial charge >= 0.3 is 5.97 Å². The van der Waals surface area contributed by atoms with Gasteiger partial charge in [-0.15, -0.1) is 0 Å². The molecule has 0 saturated carbocycles. The van der Waals surface area contributed by atoms with Crippen molar-refractivity contribution in [2.45, 2.75) is 63.2 Å². The summed E-state index contributed by atoms with van der Waals surface area (Å²) >= 11 is 0. The lowest BCUT2D eigenvalue weighted by Gasteiger charge is -2.24. The summed E-state index contributed by atoms with van der Waals surface area (Å²) in [5.41, 5.74) is 16.5. The van der Waals surface area contributed by atoms with E-state index in [-0.39, 0.29) is 32.1 Å². The second-order valence-corrected chi connectivity index (χ2v) is 8.00. The Morgan fingerprint density at radius 3 is 1.89 bits per heavy atom. The van der Waals surface area contributed by atoms with E-state index in [4.69, 9.17) is 17.2 Å². The number of amides is 5. The van der Waals surface area contributed by atoms with Gasteiger partial charge in [0.05, 0.1) is 6.04 Å². The summed E-state index contributed by atoms with van der Waals surface area (Å²) in [5, 5.41) is 16.6. The largest absolute Gasteiger partial charge is 0.480 e. The van der Waals surface area contributed by atoms with Crippen LogP contribution in [0.25, 0.3) is 0 Å². The molecule has 5 amide bonds. The van der Waals surface area contributed by atoms with Crippen LogP contribution >= 0.6 is 0 Å². The Balaban J connectivity index is 2.91. The topological polar surface area (TPSA) is 237 Å². The molecule has 1 aromatic rings. The summed E-state index contributed by atoms with van der Waals surface area (Å²) in [5.74, 6) is -4.91. The first-order valence-corrected chi connectivity index (χ1v) is 10.9. The van der Waals surface area contributed by atoms with Crippen LogP contribution in [0.5, 0.6) is 0 Å². The third kappa shape index (κ3) is 11.1. The molecule has 0 saturated heterocycles. The van der Waals surface area contributed by atoms with Gasteiger partial charge < -0.3 is 38.3 Å². The molecule has 35 heavy (non-hydrogen) atoms. The average Bonchev–Trinajstić information content (AvgIpc) is 2.79. The molecule has 1 rings (SSSR count). The van der Waals surface area contributed by atoms with E-state index in [1.807, 2.05) is 0 Å². The lowest BCUT2D eigenvalue weighted by Crippen LogP contribution is -2.57. The SMILES string of the molecule is CC(NC(=O)C(N)CCC(N)=O)C(=O)NC(Cc1ccccc1)C(=O)NC(CCC(N)=O)C(=O)O. The number of hydrogen-bond donors (Lipinski definition) is 7. The Labute approximate surface area is 202 Å². The third-order valence-electron chi connectivity index (χ3n) is 5.00. The van der Waals surface area contributed by atoms with Crippen LogP contribution in [-0.4, -0.2) is 64.8 Å². The van der Waals surface area contributed by atoms with Crippen LogP contribution in [0.4, 0.5) is 0 Å². The van der Waals surface area contributed by atoms with Crippen LogP contribution in [0.15, 0.2) is 30.3 Å². The molecule has 0 radical (unpaired) electrons. The number of nitrogens with two attached hydrogens (primary N) is 3. The van der Waals surface area contributed by atoms with Crippen LogP contribution in [0.3, 0.4) is 0 Å². The summed E-state index contributed by atoms with van der Waals surface area (Å²) < 4.78 is 0. The molecule has 0 aliphatic heterocycles. The van der Waals surface area contributed by atoms with Crippen LogP contribution in [-0.2, 0) is 35.2 Å². The van der Waals surface area contributed by atoms with Crippen molar-refractivity contribution in [3.63, 3.8) is 0 Å². The van der Waals surface area contributed by atoms with E-state index in [0.717, 1.165) is 0 Å². The molecule has 0 fully saturated rings.